The standard InChI is InChI=1S/C21H29NO/c1-15-11-18-13-19(23)16(2)21(18)9-6-10-22(20(21)12-15)14-17-7-4-3-5-8-17/h3-5,7-8,15,18-20,23H,2,6,9-14H2,1H3/t15-,18+,19?,20+,21-/m1/s1. The minimum absolute atomic E-state index is 0.180. The normalized spacial score (nSPS) is 40.7. The number of aliphatic hydroxyl groups excluding tert-OH is 1. The highest BCUT2D eigenvalue weighted by atomic mass is 16.3. The van der Waals surface area contributed by atoms with E-state index >= 15 is 0 Å². The highest BCUT2D eigenvalue weighted by Crippen LogP contribution is 2.61. The fourth-order valence-corrected chi connectivity index (χ4v) is 5.90. The molecule has 1 heterocycles. The molecule has 4 rings (SSSR count). The first-order valence-corrected chi connectivity index (χ1v) is 9.26. The summed E-state index contributed by atoms with van der Waals surface area (Å²) in [6.45, 7) is 9.00. The van der Waals surface area contributed by atoms with E-state index in [-0.39, 0.29) is 11.5 Å². The van der Waals surface area contributed by atoms with Crippen molar-refractivity contribution in [1.82, 2.24) is 4.90 Å². The summed E-state index contributed by atoms with van der Waals surface area (Å²) in [7, 11) is 0. The molecule has 1 aromatic rings. The van der Waals surface area contributed by atoms with Gasteiger partial charge in [-0.15, -0.1) is 0 Å². The summed E-state index contributed by atoms with van der Waals surface area (Å²) in [4.78, 5) is 2.70. The second-order valence-corrected chi connectivity index (χ2v) is 8.17. The van der Waals surface area contributed by atoms with Crippen molar-refractivity contribution in [3.05, 3.63) is 48.0 Å². The first kappa shape index (κ1) is 15.4. The van der Waals surface area contributed by atoms with Gasteiger partial charge >= 0.3 is 0 Å². The van der Waals surface area contributed by atoms with Gasteiger partial charge in [0.1, 0.15) is 0 Å². The summed E-state index contributed by atoms with van der Waals surface area (Å²) in [5.74, 6) is 1.39. The average molecular weight is 311 g/mol. The second-order valence-electron chi connectivity index (χ2n) is 8.17. The van der Waals surface area contributed by atoms with Crippen LogP contribution < -0.4 is 0 Å². The van der Waals surface area contributed by atoms with Crippen molar-refractivity contribution in [1.29, 1.82) is 0 Å². The predicted molar refractivity (Wildman–Crippen MR) is 94.0 cm³/mol. The SMILES string of the molecule is C=C1C(O)C[C@@H]2C[C@@H](C)C[C@@H]3N(Cc4ccccc4)CCC[C@@]123. The van der Waals surface area contributed by atoms with Crippen LogP contribution in [0.5, 0.6) is 0 Å². The Morgan fingerprint density at radius 2 is 2.00 bits per heavy atom. The smallest absolute Gasteiger partial charge is 0.0756 e. The van der Waals surface area contributed by atoms with Crippen LogP contribution in [0.2, 0.25) is 0 Å². The summed E-state index contributed by atoms with van der Waals surface area (Å²) in [5, 5.41) is 10.5. The monoisotopic (exact) mass is 311 g/mol. The molecule has 0 radical (unpaired) electrons. The maximum absolute atomic E-state index is 10.5. The van der Waals surface area contributed by atoms with Gasteiger partial charge in [0.05, 0.1) is 6.10 Å². The molecule has 2 saturated carbocycles. The highest BCUT2D eigenvalue weighted by molar-refractivity contribution is 5.29. The predicted octanol–water partition coefficient (Wildman–Crippen LogP) is 4.00. The van der Waals surface area contributed by atoms with E-state index in [4.69, 9.17) is 0 Å². The number of piperidine rings is 1. The van der Waals surface area contributed by atoms with E-state index in [1.54, 1.807) is 0 Å². The molecule has 2 nitrogen and oxygen atoms in total. The lowest BCUT2D eigenvalue weighted by Gasteiger charge is -2.56. The molecule has 1 aliphatic heterocycles. The average Bonchev–Trinajstić information content (AvgIpc) is 2.78. The Kier molecular flexibility index (Phi) is 3.85. The first-order valence-electron chi connectivity index (χ1n) is 9.26. The lowest BCUT2D eigenvalue weighted by molar-refractivity contribution is -0.0414. The summed E-state index contributed by atoms with van der Waals surface area (Å²) in [6, 6.07) is 11.4. The molecule has 5 atom stereocenters. The van der Waals surface area contributed by atoms with Gasteiger partial charge in [-0.2, -0.15) is 0 Å². The lowest BCUT2D eigenvalue weighted by Crippen LogP contribution is -2.57. The van der Waals surface area contributed by atoms with Crippen molar-refractivity contribution < 1.29 is 5.11 Å². The van der Waals surface area contributed by atoms with Gasteiger partial charge in [-0.05, 0) is 61.6 Å². The third kappa shape index (κ3) is 2.38. The maximum atomic E-state index is 10.5. The van der Waals surface area contributed by atoms with E-state index in [1.807, 2.05) is 0 Å². The summed E-state index contributed by atoms with van der Waals surface area (Å²) >= 11 is 0. The summed E-state index contributed by atoms with van der Waals surface area (Å²) in [5.41, 5.74) is 2.74. The zero-order valence-corrected chi connectivity index (χ0v) is 14.2. The Bertz CT molecular complexity index is 583. The van der Waals surface area contributed by atoms with E-state index in [0.29, 0.717) is 12.0 Å². The van der Waals surface area contributed by atoms with Crippen LogP contribution in [-0.2, 0) is 6.54 Å². The van der Waals surface area contributed by atoms with Crippen LogP contribution in [0, 0.1) is 17.3 Å². The zero-order valence-electron chi connectivity index (χ0n) is 14.2. The van der Waals surface area contributed by atoms with Crippen molar-refractivity contribution in [2.24, 2.45) is 17.3 Å². The van der Waals surface area contributed by atoms with Gasteiger partial charge in [0.15, 0.2) is 0 Å². The molecule has 1 aromatic carbocycles. The number of aliphatic hydroxyl groups is 1. The van der Waals surface area contributed by atoms with Crippen LogP contribution in [0.3, 0.4) is 0 Å². The molecule has 0 amide bonds. The highest BCUT2D eigenvalue weighted by Gasteiger charge is 2.59. The number of likely N-dealkylation sites (tertiary alicyclic amines) is 1. The van der Waals surface area contributed by atoms with Crippen LogP contribution in [0.15, 0.2) is 42.5 Å². The Labute approximate surface area is 140 Å². The molecule has 2 aliphatic carbocycles. The third-order valence-corrected chi connectivity index (χ3v) is 6.85. The number of hydrogen-bond acceptors (Lipinski definition) is 2. The molecule has 2 heteroatoms. The number of benzene rings is 1. The van der Waals surface area contributed by atoms with Gasteiger partial charge in [0.25, 0.3) is 0 Å². The van der Waals surface area contributed by atoms with E-state index < -0.39 is 0 Å². The fourth-order valence-electron chi connectivity index (χ4n) is 5.90. The van der Waals surface area contributed by atoms with Gasteiger partial charge in [-0.25, -0.2) is 0 Å². The fraction of sp³-hybridized carbons (Fsp3) is 0.619. The molecule has 1 N–H and O–H groups in total. The van der Waals surface area contributed by atoms with Gasteiger partial charge < -0.3 is 5.11 Å². The van der Waals surface area contributed by atoms with Gasteiger partial charge in [0, 0.05) is 18.0 Å². The topological polar surface area (TPSA) is 23.5 Å². The van der Waals surface area contributed by atoms with Crippen LogP contribution in [0.1, 0.15) is 44.6 Å². The first-order chi connectivity index (χ1) is 11.1. The van der Waals surface area contributed by atoms with Crippen molar-refractivity contribution >= 4 is 0 Å². The molecule has 124 valence electrons. The van der Waals surface area contributed by atoms with E-state index in [1.165, 1.54) is 37.8 Å². The van der Waals surface area contributed by atoms with Gasteiger partial charge in [-0.3, -0.25) is 4.90 Å². The summed E-state index contributed by atoms with van der Waals surface area (Å²) < 4.78 is 0. The van der Waals surface area contributed by atoms with E-state index in [0.717, 1.165) is 24.5 Å². The van der Waals surface area contributed by atoms with Crippen molar-refractivity contribution in [2.75, 3.05) is 6.54 Å². The van der Waals surface area contributed by atoms with Crippen molar-refractivity contribution in [3.63, 3.8) is 0 Å². The Morgan fingerprint density at radius 3 is 2.78 bits per heavy atom. The van der Waals surface area contributed by atoms with Crippen LogP contribution in [-0.4, -0.2) is 28.7 Å². The zero-order chi connectivity index (χ0) is 16.0. The third-order valence-electron chi connectivity index (χ3n) is 6.85. The van der Waals surface area contributed by atoms with Crippen LogP contribution >= 0.6 is 0 Å². The van der Waals surface area contributed by atoms with Crippen LogP contribution in [0.25, 0.3) is 0 Å². The Hall–Kier alpha value is -1.12. The molecule has 3 aliphatic rings. The molecule has 3 fully saturated rings. The molecule has 0 bridgehead atoms. The van der Waals surface area contributed by atoms with Gasteiger partial charge in [0.2, 0.25) is 0 Å². The minimum atomic E-state index is -0.274. The van der Waals surface area contributed by atoms with Crippen molar-refractivity contribution in [2.45, 2.75) is 57.7 Å². The molecule has 1 unspecified atom stereocenters. The lowest BCUT2D eigenvalue weighted by atomic mass is 9.57. The van der Waals surface area contributed by atoms with Crippen LogP contribution in [0.4, 0.5) is 0 Å². The number of nitrogens with zero attached hydrogens (tertiary/aromatic N) is 1. The molecular weight excluding hydrogens is 282 g/mol. The molecule has 23 heavy (non-hydrogen) atoms. The molecule has 0 aromatic heterocycles. The summed E-state index contributed by atoms with van der Waals surface area (Å²) in [6.07, 6.45) is 5.67. The van der Waals surface area contributed by atoms with E-state index in [2.05, 4.69) is 48.7 Å². The number of rotatable bonds is 2. The molecule has 1 saturated heterocycles. The second kappa shape index (κ2) is 5.75. The van der Waals surface area contributed by atoms with Gasteiger partial charge in [-0.1, -0.05) is 43.8 Å². The Morgan fingerprint density at radius 1 is 1.22 bits per heavy atom. The minimum Gasteiger partial charge on any atom is -0.389 e. The van der Waals surface area contributed by atoms with Crippen molar-refractivity contribution in [3.8, 4) is 0 Å². The Balaban J connectivity index is 1.66. The molecular formula is C21H29NO. The largest absolute Gasteiger partial charge is 0.389 e. The van der Waals surface area contributed by atoms with E-state index in [9.17, 15) is 5.11 Å². The maximum Gasteiger partial charge on any atom is 0.0756 e. The quantitative estimate of drug-likeness (QED) is 0.834. The number of hydrogen-bond donors (Lipinski definition) is 1. The molecule has 1 spiro atoms.